The Labute approximate surface area is 105 Å². The van der Waals surface area contributed by atoms with Crippen molar-refractivity contribution in [2.45, 2.75) is 26.2 Å². The van der Waals surface area contributed by atoms with Crippen LogP contribution in [-0.4, -0.2) is 21.7 Å². The molecule has 0 saturated heterocycles. The van der Waals surface area contributed by atoms with Crippen LogP contribution in [0, 0.1) is 0 Å². The third kappa shape index (κ3) is 3.49. The first-order valence-corrected chi connectivity index (χ1v) is 6.54. The molecule has 0 spiro atoms. The van der Waals surface area contributed by atoms with Crippen molar-refractivity contribution in [3.05, 3.63) is 35.1 Å². The van der Waals surface area contributed by atoms with Gasteiger partial charge < -0.3 is 5.32 Å². The molecule has 4 nitrogen and oxygen atoms in total. The van der Waals surface area contributed by atoms with Crippen molar-refractivity contribution < 1.29 is 0 Å². The first-order valence-electron chi connectivity index (χ1n) is 5.73. The average molecular weight is 248 g/mol. The Hall–Kier alpha value is -1.49. The fourth-order valence-corrected chi connectivity index (χ4v) is 2.15. The summed E-state index contributed by atoms with van der Waals surface area (Å²) in [6.45, 7) is 5.08. The van der Waals surface area contributed by atoms with Crippen LogP contribution in [0.2, 0.25) is 0 Å². The number of aromatic nitrogens is 3. The highest BCUT2D eigenvalue weighted by Gasteiger charge is 2.06. The van der Waals surface area contributed by atoms with E-state index in [1.165, 1.54) is 0 Å². The quantitative estimate of drug-likeness (QED) is 0.884. The molecule has 0 aromatic carbocycles. The first-order chi connectivity index (χ1) is 8.25. The van der Waals surface area contributed by atoms with Gasteiger partial charge in [-0.2, -0.15) is 0 Å². The van der Waals surface area contributed by atoms with Gasteiger partial charge in [0.05, 0.1) is 0 Å². The Morgan fingerprint density at radius 2 is 2.18 bits per heavy atom. The molecule has 0 atom stereocenters. The van der Waals surface area contributed by atoms with Crippen LogP contribution in [0.15, 0.2) is 24.4 Å². The van der Waals surface area contributed by atoms with Crippen LogP contribution in [0.3, 0.4) is 0 Å². The summed E-state index contributed by atoms with van der Waals surface area (Å²) in [5.74, 6) is 0.443. The van der Waals surface area contributed by atoms with E-state index in [2.05, 4.69) is 34.3 Å². The van der Waals surface area contributed by atoms with Gasteiger partial charge >= 0.3 is 0 Å². The molecular formula is C12H16N4S. The number of rotatable bonds is 5. The van der Waals surface area contributed by atoms with Gasteiger partial charge in [0.1, 0.15) is 5.01 Å². The van der Waals surface area contributed by atoms with Crippen molar-refractivity contribution in [3.63, 3.8) is 0 Å². The fraction of sp³-hybridized carbons (Fsp3) is 0.417. The third-order valence-corrected chi connectivity index (χ3v) is 3.50. The maximum Gasteiger partial charge on any atom is 0.205 e. The predicted octanol–water partition coefficient (Wildman–Crippen LogP) is 2.71. The zero-order valence-electron chi connectivity index (χ0n) is 10.1. The van der Waals surface area contributed by atoms with Crippen molar-refractivity contribution in [3.8, 4) is 0 Å². The molecule has 5 heteroatoms. The van der Waals surface area contributed by atoms with Gasteiger partial charge in [0.2, 0.25) is 5.13 Å². The summed E-state index contributed by atoms with van der Waals surface area (Å²) in [6, 6.07) is 5.96. The summed E-state index contributed by atoms with van der Waals surface area (Å²) in [5.41, 5.74) is 1.09. The van der Waals surface area contributed by atoms with Crippen molar-refractivity contribution in [1.29, 1.82) is 0 Å². The van der Waals surface area contributed by atoms with Gasteiger partial charge in [0.15, 0.2) is 0 Å². The molecule has 0 saturated carbocycles. The largest absolute Gasteiger partial charge is 0.360 e. The molecule has 0 bridgehead atoms. The lowest BCUT2D eigenvalue weighted by Crippen LogP contribution is -2.05. The van der Waals surface area contributed by atoms with Gasteiger partial charge in [0, 0.05) is 30.8 Å². The summed E-state index contributed by atoms with van der Waals surface area (Å²) < 4.78 is 0. The molecule has 0 aliphatic heterocycles. The smallest absolute Gasteiger partial charge is 0.205 e. The Kier molecular flexibility index (Phi) is 4.03. The summed E-state index contributed by atoms with van der Waals surface area (Å²) >= 11 is 1.62. The summed E-state index contributed by atoms with van der Waals surface area (Å²) in [4.78, 5) is 4.27. The van der Waals surface area contributed by atoms with Crippen molar-refractivity contribution in [2.24, 2.45) is 0 Å². The molecule has 0 aliphatic carbocycles. The lowest BCUT2D eigenvalue weighted by Gasteiger charge is -2.01. The fourth-order valence-electron chi connectivity index (χ4n) is 1.38. The van der Waals surface area contributed by atoms with Crippen LogP contribution in [-0.2, 0) is 6.42 Å². The minimum Gasteiger partial charge on any atom is -0.360 e. The molecule has 0 unspecified atom stereocenters. The molecular weight excluding hydrogens is 232 g/mol. The van der Waals surface area contributed by atoms with E-state index in [0.29, 0.717) is 5.92 Å². The minimum atomic E-state index is 0.443. The lowest BCUT2D eigenvalue weighted by atomic mass is 10.2. The molecule has 90 valence electrons. The molecule has 17 heavy (non-hydrogen) atoms. The van der Waals surface area contributed by atoms with E-state index in [-0.39, 0.29) is 0 Å². The third-order valence-electron chi connectivity index (χ3n) is 2.32. The molecule has 2 rings (SSSR count). The monoisotopic (exact) mass is 248 g/mol. The average Bonchev–Trinajstić information content (AvgIpc) is 2.79. The summed E-state index contributed by atoms with van der Waals surface area (Å²) in [5, 5.41) is 13.5. The van der Waals surface area contributed by atoms with Crippen molar-refractivity contribution >= 4 is 16.5 Å². The van der Waals surface area contributed by atoms with E-state index in [1.807, 2.05) is 24.4 Å². The molecule has 1 N–H and O–H groups in total. The SMILES string of the molecule is CC(C)c1nnc(NCCc2ccccn2)s1. The number of nitrogens with zero attached hydrogens (tertiary/aromatic N) is 3. The van der Waals surface area contributed by atoms with Gasteiger partial charge in [-0.3, -0.25) is 4.98 Å². The van der Waals surface area contributed by atoms with Crippen molar-refractivity contribution in [2.75, 3.05) is 11.9 Å². The Bertz CT molecular complexity index is 453. The Morgan fingerprint density at radius 1 is 1.29 bits per heavy atom. The highest BCUT2D eigenvalue weighted by atomic mass is 32.1. The van der Waals surface area contributed by atoms with Crippen LogP contribution in [0.1, 0.15) is 30.5 Å². The summed E-state index contributed by atoms with van der Waals surface area (Å²) in [7, 11) is 0. The maximum atomic E-state index is 4.27. The van der Waals surface area contributed by atoms with Crippen LogP contribution in [0.25, 0.3) is 0 Å². The zero-order chi connectivity index (χ0) is 12.1. The second-order valence-corrected chi connectivity index (χ2v) is 5.11. The topological polar surface area (TPSA) is 50.7 Å². The molecule has 0 radical (unpaired) electrons. The lowest BCUT2D eigenvalue weighted by molar-refractivity contribution is 0.824. The number of hydrogen-bond acceptors (Lipinski definition) is 5. The highest BCUT2D eigenvalue weighted by Crippen LogP contribution is 2.22. The number of hydrogen-bond donors (Lipinski definition) is 1. The van der Waals surface area contributed by atoms with Gasteiger partial charge in [-0.25, -0.2) is 0 Å². The van der Waals surface area contributed by atoms with Gasteiger partial charge in [-0.05, 0) is 12.1 Å². The van der Waals surface area contributed by atoms with E-state index in [0.717, 1.165) is 28.8 Å². The molecule has 2 heterocycles. The maximum absolute atomic E-state index is 4.27. The predicted molar refractivity (Wildman–Crippen MR) is 70.4 cm³/mol. The zero-order valence-corrected chi connectivity index (χ0v) is 10.9. The van der Waals surface area contributed by atoms with Crippen LogP contribution in [0.5, 0.6) is 0 Å². The molecule has 0 fully saturated rings. The van der Waals surface area contributed by atoms with E-state index in [9.17, 15) is 0 Å². The number of nitrogens with one attached hydrogen (secondary N) is 1. The minimum absolute atomic E-state index is 0.443. The van der Waals surface area contributed by atoms with Gasteiger partial charge in [-0.1, -0.05) is 31.3 Å². The Balaban J connectivity index is 1.82. The second kappa shape index (κ2) is 5.72. The highest BCUT2D eigenvalue weighted by molar-refractivity contribution is 7.15. The van der Waals surface area contributed by atoms with E-state index >= 15 is 0 Å². The van der Waals surface area contributed by atoms with E-state index in [4.69, 9.17) is 0 Å². The molecule has 2 aromatic rings. The first kappa shape index (κ1) is 12.0. The second-order valence-electron chi connectivity index (χ2n) is 4.10. The number of pyridine rings is 1. The van der Waals surface area contributed by atoms with Crippen LogP contribution in [0.4, 0.5) is 5.13 Å². The van der Waals surface area contributed by atoms with Gasteiger partial charge in [0.25, 0.3) is 0 Å². The number of anilines is 1. The van der Waals surface area contributed by atoms with Crippen LogP contribution < -0.4 is 5.32 Å². The normalized spacial score (nSPS) is 10.8. The molecule has 2 aromatic heterocycles. The van der Waals surface area contributed by atoms with E-state index in [1.54, 1.807) is 11.3 Å². The molecule has 0 aliphatic rings. The van der Waals surface area contributed by atoms with Crippen LogP contribution >= 0.6 is 11.3 Å². The summed E-state index contributed by atoms with van der Waals surface area (Å²) in [6.07, 6.45) is 2.72. The van der Waals surface area contributed by atoms with Crippen molar-refractivity contribution in [1.82, 2.24) is 15.2 Å². The Morgan fingerprint density at radius 3 is 2.82 bits per heavy atom. The van der Waals surface area contributed by atoms with E-state index < -0.39 is 0 Å². The standard InChI is InChI=1S/C12H16N4S/c1-9(2)11-15-16-12(17-11)14-8-6-10-5-3-4-7-13-10/h3-5,7,9H,6,8H2,1-2H3,(H,14,16). The molecule has 0 amide bonds. The van der Waals surface area contributed by atoms with Gasteiger partial charge in [-0.15, -0.1) is 10.2 Å².